The maximum absolute atomic E-state index is 12.0. The van der Waals surface area contributed by atoms with Gasteiger partial charge in [0.05, 0.1) is 7.11 Å². The summed E-state index contributed by atoms with van der Waals surface area (Å²) >= 11 is 10.7. The van der Waals surface area contributed by atoms with Gasteiger partial charge in [0.25, 0.3) is 0 Å². The number of halogens is 2. The van der Waals surface area contributed by atoms with Crippen LogP contribution in [0.5, 0.6) is 0 Å². The second-order valence-corrected chi connectivity index (χ2v) is 6.78. The van der Waals surface area contributed by atoms with Crippen LogP contribution in [-0.4, -0.2) is 13.1 Å². The van der Waals surface area contributed by atoms with E-state index in [2.05, 4.69) is 21.2 Å². The van der Waals surface area contributed by atoms with Crippen molar-refractivity contribution in [3.8, 4) is 0 Å². The topological polar surface area (TPSA) is 38.3 Å². The maximum atomic E-state index is 12.0. The summed E-state index contributed by atoms with van der Waals surface area (Å²) in [6, 6.07) is 9.07. The zero-order valence-electron chi connectivity index (χ0n) is 10.9. The summed E-state index contributed by atoms with van der Waals surface area (Å²) in [4.78, 5) is 12.8. The molecule has 0 spiro atoms. The van der Waals surface area contributed by atoms with Crippen molar-refractivity contribution in [1.29, 1.82) is 0 Å². The molecule has 0 aliphatic rings. The van der Waals surface area contributed by atoms with E-state index >= 15 is 0 Å². The van der Waals surface area contributed by atoms with Gasteiger partial charge in [-0.25, -0.2) is 4.79 Å². The second kappa shape index (κ2) is 6.61. The van der Waals surface area contributed by atoms with Crippen molar-refractivity contribution in [2.45, 2.75) is 13.0 Å². The number of anilines is 1. The third-order valence-corrected chi connectivity index (χ3v) is 5.29. The number of carbonyl (C=O) groups excluding carboxylic acids is 1. The minimum atomic E-state index is -0.573. The lowest BCUT2D eigenvalue weighted by Crippen LogP contribution is -2.21. The first kappa shape index (κ1) is 15.4. The van der Waals surface area contributed by atoms with Crippen LogP contribution in [0, 0.1) is 6.92 Å². The Hall–Kier alpha value is -1.04. The molecule has 0 aliphatic heterocycles. The molecule has 1 N–H and O–H groups in total. The van der Waals surface area contributed by atoms with Crippen LogP contribution >= 0.6 is 38.9 Å². The summed E-state index contributed by atoms with van der Waals surface area (Å²) in [7, 11) is 1.37. The quantitative estimate of drug-likeness (QED) is 0.781. The summed E-state index contributed by atoms with van der Waals surface area (Å²) in [5, 5.41) is 3.17. The lowest BCUT2D eigenvalue weighted by Gasteiger charge is -2.16. The second-order valence-electron chi connectivity index (χ2n) is 4.24. The number of ether oxygens (including phenoxy) is 1. The van der Waals surface area contributed by atoms with Gasteiger partial charge in [-0.1, -0.05) is 29.3 Å². The molecule has 0 fully saturated rings. The Bertz CT molecular complexity index is 593. The minimum Gasteiger partial charge on any atom is -0.467 e. The molecule has 2 aromatic rings. The third-order valence-electron chi connectivity index (χ3n) is 2.75. The van der Waals surface area contributed by atoms with Gasteiger partial charge in [0, 0.05) is 15.0 Å². The van der Waals surface area contributed by atoms with E-state index in [4.69, 9.17) is 16.3 Å². The van der Waals surface area contributed by atoms with E-state index in [1.807, 2.05) is 37.3 Å². The molecule has 1 atom stereocenters. The van der Waals surface area contributed by atoms with E-state index in [1.165, 1.54) is 18.4 Å². The van der Waals surface area contributed by atoms with Gasteiger partial charge in [0.1, 0.15) is 4.34 Å². The fourth-order valence-corrected chi connectivity index (χ4v) is 3.46. The number of thiophene rings is 1. The lowest BCUT2D eigenvalue weighted by molar-refractivity contribution is -0.141. The summed E-state index contributed by atoms with van der Waals surface area (Å²) < 4.78 is 6.25. The van der Waals surface area contributed by atoms with Gasteiger partial charge >= 0.3 is 5.97 Å². The van der Waals surface area contributed by atoms with Gasteiger partial charge in [-0.15, -0.1) is 11.3 Å². The van der Waals surface area contributed by atoms with Crippen molar-refractivity contribution in [2.24, 2.45) is 0 Å². The fraction of sp³-hybridized carbons (Fsp3) is 0.214. The molecule has 6 heteroatoms. The van der Waals surface area contributed by atoms with Crippen LogP contribution in [0.25, 0.3) is 0 Å². The Morgan fingerprint density at radius 3 is 2.55 bits per heavy atom. The summed E-state index contributed by atoms with van der Waals surface area (Å²) in [6.45, 7) is 2.01. The first-order valence-electron chi connectivity index (χ1n) is 5.87. The lowest BCUT2D eigenvalue weighted by atomic mass is 10.2. The molecule has 3 nitrogen and oxygen atoms in total. The largest absolute Gasteiger partial charge is 0.467 e. The number of carbonyl (C=O) groups is 1. The van der Waals surface area contributed by atoms with E-state index in [1.54, 1.807) is 0 Å². The van der Waals surface area contributed by atoms with Gasteiger partial charge in [-0.3, -0.25) is 0 Å². The van der Waals surface area contributed by atoms with E-state index in [0.717, 1.165) is 20.6 Å². The number of esters is 1. The summed E-state index contributed by atoms with van der Waals surface area (Å²) in [5.41, 5.74) is 2.01. The molecular formula is C14H13BrClNO2S. The average Bonchev–Trinajstić information content (AvgIpc) is 2.77. The molecule has 0 bridgehead atoms. The van der Waals surface area contributed by atoms with E-state index in [0.29, 0.717) is 4.34 Å². The van der Waals surface area contributed by atoms with Crippen LogP contribution in [0.15, 0.2) is 34.8 Å². The Kier molecular flexibility index (Phi) is 5.07. The van der Waals surface area contributed by atoms with Gasteiger partial charge in [0.15, 0.2) is 6.04 Å². The molecule has 0 radical (unpaired) electrons. The molecule has 106 valence electrons. The number of hydrogen-bond donors (Lipinski definition) is 1. The molecule has 0 amide bonds. The van der Waals surface area contributed by atoms with Crippen molar-refractivity contribution < 1.29 is 9.53 Å². The van der Waals surface area contributed by atoms with Crippen LogP contribution in [-0.2, 0) is 9.53 Å². The molecule has 1 unspecified atom stereocenters. The van der Waals surface area contributed by atoms with Crippen LogP contribution in [0.3, 0.4) is 0 Å². The summed E-state index contributed by atoms with van der Waals surface area (Å²) in [5.74, 6) is -0.351. The highest BCUT2D eigenvalue weighted by Gasteiger charge is 2.24. The van der Waals surface area contributed by atoms with Crippen molar-refractivity contribution in [2.75, 3.05) is 12.4 Å². The molecule has 0 saturated carbocycles. The number of nitrogens with one attached hydrogen (secondary N) is 1. The first-order valence-corrected chi connectivity index (χ1v) is 7.85. The summed E-state index contributed by atoms with van der Waals surface area (Å²) in [6.07, 6.45) is 0. The van der Waals surface area contributed by atoms with Gasteiger partial charge < -0.3 is 10.1 Å². The highest BCUT2D eigenvalue weighted by molar-refractivity contribution is 9.10. The Balaban J connectivity index is 2.28. The Morgan fingerprint density at radius 2 is 2.05 bits per heavy atom. The predicted octanol–water partition coefficient (Wildman–Crippen LogP) is 4.80. The molecule has 1 aromatic heterocycles. The van der Waals surface area contributed by atoms with Crippen LogP contribution in [0.4, 0.5) is 5.69 Å². The van der Waals surface area contributed by atoms with Crippen molar-refractivity contribution in [1.82, 2.24) is 0 Å². The van der Waals surface area contributed by atoms with Crippen molar-refractivity contribution >= 4 is 50.5 Å². The highest BCUT2D eigenvalue weighted by atomic mass is 79.9. The standard InChI is InChI=1S/C14H13BrClNO2S/c1-8-3-5-9(6-4-8)17-12(14(18)19-2)11-7-10(15)13(16)20-11/h3-7,12,17H,1-2H3. The van der Waals surface area contributed by atoms with Gasteiger partial charge in [-0.2, -0.15) is 0 Å². The molecule has 20 heavy (non-hydrogen) atoms. The smallest absolute Gasteiger partial charge is 0.333 e. The zero-order valence-corrected chi connectivity index (χ0v) is 14.1. The molecule has 0 aliphatic carbocycles. The molecule has 1 heterocycles. The molecule has 1 aromatic carbocycles. The number of methoxy groups -OCH3 is 1. The molecule has 2 rings (SSSR count). The van der Waals surface area contributed by atoms with Gasteiger partial charge in [-0.05, 0) is 41.1 Å². The Morgan fingerprint density at radius 1 is 1.40 bits per heavy atom. The average molecular weight is 375 g/mol. The minimum absolute atomic E-state index is 0.351. The third kappa shape index (κ3) is 3.53. The zero-order chi connectivity index (χ0) is 14.7. The van der Waals surface area contributed by atoms with Crippen LogP contribution in [0.1, 0.15) is 16.5 Å². The van der Waals surface area contributed by atoms with Crippen molar-refractivity contribution in [3.63, 3.8) is 0 Å². The van der Waals surface area contributed by atoms with Crippen LogP contribution < -0.4 is 5.32 Å². The SMILES string of the molecule is COC(=O)C(Nc1ccc(C)cc1)c1cc(Br)c(Cl)s1. The number of benzene rings is 1. The fourth-order valence-electron chi connectivity index (χ4n) is 1.69. The Labute approximate surface area is 135 Å². The van der Waals surface area contributed by atoms with E-state index < -0.39 is 6.04 Å². The normalized spacial score (nSPS) is 12.0. The first-order chi connectivity index (χ1) is 9.51. The van der Waals surface area contributed by atoms with Crippen LogP contribution in [0.2, 0.25) is 4.34 Å². The monoisotopic (exact) mass is 373 g/mol. The van der Waals surface area contributed by atoms with E-state index in [-0.39, 0.29) is 5.97 Å². The predicted molar refractivity (Wildman–Crippen MR) is 86.6 cm³/mol. The van der Waals surface area contributed by atoms with Gasteiger partial charge in [0.2, 0.25) is 0 Å². The molecular weight excluding hydrogens is 362 g/mol. The highest BCUT2D eigenvalue weighted by Crippen LogP contribution is 2.36. The van der Waals surface area contributed by atoms with E-state index in [9.17, 15) is 4.79 Å². The number of hydrogen-bond acceptors (Lipinski definition) is 4. The number of aryl methyl sites for hydroxylation is 1. The molecule has 0 saturated heterocycles. The number of rotatable bonds is 4. The van der Waals surface area contributed by atoms with Crippen molar-refractivity contribution in [3.05, 3.63) is 49.6 Å². The maximum Gasteiger partial charge on any atom is 0.333 e.